The molecule has 0 amide bonds. The highest BCUT2D eigenvalue weighted by Gasteiger charge is 2.15. The van der Waals surface area contributed by atoms with Gasteiger partial charge >= 0.3 is 0 Å². The zero-order valence-corrected chi connectivity index (χ0v) is 18.3. The van der Waals surface area contributed by atoms with Crippen molar-refractivity contribution in [1.82, 2.24) is 5.32 Å². The van der Waals surface area contributed by atoms with Gasteiger partial charge in [0, 0.05) is 16.6 Å². The highest BCUT2D eigenvalue weighted by Crippen LogP contribution is 2.36. The molecule has 0 atom stereocenters. The predicted octanol–water partition coefficient (Wildman–Crippen LogP) is 5.82. The molecule has 1 N–H and O–H groups in total. The molecule has 0 aliphatic heterocycles. The minimum Gasteiger partial charge on any atom is -0.493 e. The van der Waals surface area contributed by atoms with E-state index in [1.807, 2.05) is 30.3 Å². The summed E-state index contributed by atoms with van der Waals surface area (Å²) in [6.45, 7) is 3.94. The first kappa shape index (κ1) is 21.3. The van der Waals surface area contributed by atoms with Crippen LogP contribution in [-0.2, 0) is 19.6 Å². The van der Waals surface area contributed by atoms with Crippen molar-refractivity contribution in [3.63, 3.8) is 0 Å². The topological polar surface area (TPSA) is 30.5 Å². The van der Waals surface area contributed by atoms with Crippen LogP contribution in [0.4, 0.5) is 4.39 Å². The van der Waals surface area contributed by atoms with Crippen LogP contribution in [0.2, 0.25) is 0 Å². The lowest BCUT2D eigenvalue weighted by Gasteiger charge is -2.17. The van der Waals surface area contributed by atoms with Gasteiger partial charge < -0.3 is 14.8 Å². The van der Waals surface area contributed by atoms with Gasteiger partial charge in [0.05, 0.1) is 7.11 Å². The van der Waals surface area contributed by atoms with Gasteiger partial charge in [0.2, 0.25) is 0 Å². The van der Waals surface area contributed by atoms with Crippen LogP contribution < -0.4 is 14.8 Å². The van der Waals surface area contributed by atoms with Crippen molar-refractivity contribution < 1.29 is 13.9 Å². The van der Waals surface area contributed by atoms with Crippen LogP contribution in [0, 0.1) is 12.7 Å². The maximum Gasteiger partial charge on any atom is 0.167 e. The predicted molar refractivity (Wildman–Crippen MR) is 118 cm³/mol. The molecule has 5 heteroatoms. The van der Waals surface area contributed by atoms with Crippen molar-refractivity contribution in [2.24, 2.45) is 0 Å². The quantitative estimate of drug-likeness (QED) is 0.410. The summed E-state index contributed by atoms with van der Waals surface area (Å²) in [5.41, 5.74) is 4.42. The molecule has 3 aromatic rings. The summed E-state index contributed by atoms with van der Waals surface area (Å²) in [7, 11) is 1.65. The monoisotopic (exact) mass is 457 g/mol. The van der Waals surface area contributed by atoms with E-state index in [9.17, 15) is 4.39 Å². The summed E-state index contributed by atoms with van der Waals surface area (Å²) in [5, 5.41) is 3.45. The van der Waals surface area contributed by atoms with Crippen LogP contribution in [0.25, 0.3) is 0 Å². The Morgan fingerprint density at radius 2 is 1.79 bits per heavy atom. The van der Waals surface area contributed by atoms with Gasteiger partial charge in [0.25, 0.3) is 0 Å². The molecule has 3 aromatic carbocycles. The molecule has 0 radical (unpaired) electrons. The maximum absolute atomic E-state index is 13.0. The third-order valence-electron chi connectivity index (χ3n) is 4.66. The van der Waals surface area contributed by atoms with E-state index in [1.165, 1.54) is 17.7 Å². The van der Waals surface area contributed by atoms with Gasteiger partial charge in [-0.1, -0.05) is 57.9 Å². The van der Waals surface area contributed by atoms with Crippen LogP contribution in [0.3, 0.4) is 0 Å². The van der Waals surface area contributed by atoms with Crippen LogP contribution in [-0.4, -0.2) is 13.7 Å². The lowest BCUT2D eigenvalue weighted by atomic mass is 10.1. The smallest absolute Gasteiger partial charge is 0.167 e. The number of nitrogens with one attached hydrogen (secondary N) is 1. The molecule has 0 fully saturated rings. The largest absolute Gasteiger partial charge is 0.493 e. The third-order valence-corrected chi connectivity index (χ3v) is 5.40. The van der Waals surface area contributed by atoms with Gasteiger partial charge in [0.15, 0.2) is 11.5 Å². The Morgan fingerprint density at radius 3 is 2.52 bits per heavy atom. The highest BCUT2D eigenvalue weighted by atomic mass is 79.9. The normalized spacial score (nSPS) is 10.8. The zero-order valence-electron chi connectivity index (χ0n) is 16.7. The van der Waals surface area contributed by atoms with Gasteiger partial charge in [-0.15, -0.1) is 0 Å². The Bertz CT molecular complexity index is 944. The molecule has 3 rings (SSSR count). The second-order valence-electron chi connectivity index (χ2n) is 6.89. The summed E-state index contributed by atoms with van der Waals surface area (Å²) in [5.74, 6) is 1.23. The first-order valence-electron chi connectivity index (χ1n) is 9.55. The molecule has 0 saturated carbocycles. The Kier molecular flexibility index (Phi) is 7.67. The van der Waals surface area contributed by atoms with Crippen molar-refractivity contribution in [2.75, 3.05) is 13.7 Å². The van der Waals surface area contributed by atoms with Gasteiger partial charge in [-0.3, -0.25) is 0 Å². The maximum atomic E-state index is 13.0. The fourth-order valence-electron chi connectivity index (χ4n) is 3.12. The van der Waals surface area contributed by atoms with Gasteiger partial charge in [-0.2, -0.15) is 0 Å². The average Bonchev–Trinajstić information content (AvgIpc) is 2.72. The Hall–Kier alpha value is -2.37. The summed E-state index contributed by atoms with van der Waals surface area (Å²) in [4.78, 5) is 0. The number of rotatable bonds is 9. The zero-order chi connectivity index (χ0) is 20.6. The first-order valence-corrected chi connectivity index (χ1v) is 10.3. The Labute approximate surface area is 180 Å². The molecule has 29 heavy (non-hydrogen) atoms. The van der Waals surface area contributed by atoms with E-state index in [0.717, 1.165) is 39.9 Å². The molecular formula is C24H25BrFNO2. The molecule has 0 aliphatic carbocycles. The molecular weight excluding hydrogens is 433 g/mol. The highest BCUT2D eigenvalue weighted by molar-refractivity contribution is 9.10. The minimum atomic E-state index is -0.211. The van der Waals surface area contributed by atoms with Gasteiger partial charge in [0.1, 0.15) is 12.4 Å². The lowest BCUT2D eigenvalue weighted by molar-refractivity contribution is 0.280. The minimum absolute atomic E-state index is 0.211. The summed E-state index contributed by atoms with van der Waals surface area (Å²) in [6.07, 6.45) is 0.821. The van der Waals surface area contributed by atoms with Crippen LogP contribution in [0.15, 0.2) is 65.1 Å². The molecule has 0 unspecified atom stereocenters. The first-order chi connectivity index (χ1) is 14.1. The number of benzene rings is 3. The fourth-order valence-corrected chi connectivity index (χ4v) is 3.57. The summed E-state index contributed by atoms with van der Waals surface area (Å²) in [6, 6.07) is 18.8. The molecule has 3 nitrogen and oxygen atoms in total. The second-order valence-corrected chi connectivity index (χ2v) is 7.74. The van der Waals surface area contributed by atoms with Crippen molar-refractivity contribution in [2.45, 2.75) is 26.5 Å². The standard InChI is InChI=1S/C24H25BrFNO2/c1-17-4-3-5-19(14-17)16-29-24-21(22(25)10-11-23(24)28-2)15-27-13-12-18-6-8-20(26)9-7-18/h3-11,14,27H,12-13,15-16H2,1-2H3. The van der Waals surface area contributed by atoms with Gasteiger partial charge in [-0.25, -0.2) is 4.39 Å². The Balaban J connectivity index is 1.67. The number of hydrogen-bond acceptors (Lipinski definition) is 3. The van der Waals surface area contributed by atoms with Crippen LogP contribution >= 0.6 is 15.9 Å². The molecule has 0 aromatic heterocycles. The van der Waals surface area contributed by atoms with E-state index in [1.54, 1.807) is 7.11 Å². The average molecular weight is 458 g/mol. The van der Waals surface area contributed by atoms with Crippen molar-refractivity contribution in [3.05, 3.63) is 93.2 Å². The van der Waals surface area contributed by atoms with Crippen LogP contribution in [0.5, 0.6) is 11.5 Å². The molecule has 0 saturated heterocycles. The molecule has 0 spiro atoms. The summed E-state index contributed by atoms with van der Waals surface area (Å²) >= 11 is 3.64. The lowest BCUT2D eigenvalue weighted by Crippen LogP contribution is -2.18. The van der Waals surface area contributed by atoms with Crippen molar-refractivity contribution >= 4 is 15.9 Å². The molecule has 0 heterocycles. The van der Waals surface area contributed by atoms with E-state index in [2.05, 4.69) is 46.4 Å². The van der Waals surface area contributed by atoms with Crippen molar-refractivity contribution in [1.29, 1.82) is 0 Å². The number of ether oxygens (including phenoxy) is 2. The third kappa shape index (κ3) is 6.05. The number of hydrogen-bond donors (Lipinski definition) is 1. The van der Waals surface area contributed by atoms with E-state index in [0.29, 0.717) is 18.9 Å². The molecule has 0 bridgehead atoms. The number of halogens is 2. The van der Waals surface area contributed by atoms with E-state index < -0.39 is 0 Å². The SMILES string of the molecule is COc1ccc(Br)c(CNCCc2ccc(F)cc2)c1OCc1cccc(C)c1. The van der Waals surface area contributed by atoms with E-state index in [4.69, 9.17) is 9.47 Å². The van der Waals surface area contributed by atoms with Gasteiger partial charge in [-0.05, 0) is 55.3 Å². The fraction of sp³-hybridized carbons (Fsp3) is 0.250. The number of methoxy groups -OCH3 is 1. The number of aryl methyl sites for hydroxylation is 1. The van der Waals surface area contributed by atoms with E-state index >= 15 is 0 Å². The summed E-state index contributed by atoms with van der Waals surface area (Å²) < 4.78 is 25.7. The van der Waals surface area contributed by atoms with E-state index in [-0.39, 0.29) is 5.82 Å². The molecule has 152 valence electrons. The second kappa shape index (κ2) is 10.4. The van der Waals surface area contributed by atoms with Crippen LogP contribution in [0.1, 0.15) is 22.3 Å². The van der Waals surface area contributed by atoms with Crippen molar-refractivity contribution in [3.8, 4) is 11.5 Å². The molecule has 0 aliphatic rings. The Morgan fingerprint density at radius 1 is 1.00 bits per heavy atom.